The maximum Gasteiger partial charge on any atom is 0.410 e. The molecule has 144 valence electrons. The average molecular weight is 370 g/mol. The second-order valence-electron chi connectivity index (χ2n) is 8.35. The molecule has 0 radical (unpaired) electrons. The first kappa shape index (κ1) is 17.9. The third-order valence-corrected chi connectivity index (χ3v) is 5.19. The van der Waals surface area contributed by atoms with Gasteiger partial charge in [-0.2, -0.15) is 0 Å². The van der Waals surface area contributed by atoms with Gasteiger partial charge >= 0.3 is 6.09 Å². The molecule has 2 aliphatic heterocycles. The maximum atomic E-state index is 12.2. The minimum Gasteiger partial charge on any atom is -0.490 e. The molecule has 2 aromatic rings. The number of hydrogen-bond donors (Lipinski definition) is 0. The van der Waals surface area contributed by atoms with Crippen LogP contribution in [0.2, 0.25) is 0 Å². The van der Waals surface area contributed by atoms with Crippen molar-refractivity contribution in [3.63, 3.8) is 0 Å². The summed E-state index contributed by atoms with van der Waals surface area (Å²) < 4.78 is 17.1. The lowest BCUT2D eigenvalue weighted by Gasteiger charge is -2.35. The first-order valence-corrected chi connectivity index (χ1v) is 9.55. The maximum absolute atomic E-state index is 12.2. The molecule has 1 atom stereocenters. The van der Waals surface area contributed by atoms with E-state index in [1.807, 2.05) is 37.8 Å². The van der Waals surface area contributed by atoms with Gasteiger partial charge in [-0.3, -0.25) is 0 Å². The van der Waals surface area contributed by atoms with E-state index < -0.39 is 5.60 Å². The molecular weight excluding hydrogens is 344 g/mol. The quantitative estimate of drug-likeness (QED) is 0.789. The van der Waals surface area contributed by atoms with E-state index in [-0.39, 0.29) is 12.2 Å². The van der Waals surface area contributed by atoms with Crippen molar-refractivity contribution in [3.8, 4) is 17.1 Å². The Bertz CT molecular complexity index is 802. The van der Waals surface area contributed by atoms with E-state index in [0.29, 0.717) is 5.92 Å². The molecule has 3 heterocycles. The van der Waals surface area contributed by atoms with Crippen LogP contribution in [-0.2, 0) is 11.2 Å². The van der Waals surface area contributed by atoms with Crippen LogP contribution in [0.1, 0.15) is 39.2 Å². The first-order valence-electron chi connectivity index (χ1n) is 9.55. The number of oxazole rings is 1. The highest BCUT2D eigenvalue weighted by Gasteiger charge is 2.35. The van der Waals surface area contributed by atoms with Crippen LogP contribution in [0.15, 0.2) is 35.2 Å². The van der Waals surface area contributed by atoms with Crippen LogP contribution in [0.3, 0.4) is 0 Å². The molecule has 6 heteroatoms. The van der Waals surface area contributed by atoms with Crippen LogP contribution in [0, 0.1) is 5.92 Å². The molecule has 0 saturated carbocycles. The summed E-state index contributed by atoms with van der Waals surface area (Å²) in [6.07, 6.45) is 5.90. The fourth-order valence-electron chi connectivity index (χ4n) is 3.83. The third kappa shape index (κ3) is 3.94. The fraction of sp³-hybridized carbons (Fsp3) is 0.524. The highest BCUT2D eigenvalue weighted by Crippen LogP contribution is 2.37. The smallest absolute Gasteiger partial charge is 0.410 e. The second kappa shape index (κ2) is 6.91. The van der Waals surface area contributed by atoms with Crippen LogP contribution in [0.5, 0.6) is 5.75 Å². The Morgan fingerprint density at radius 2 is 2.04 bits per heavy atom. The number of benzene rings is 1. The lowest BCUT2D eigenvalue weighted by atomic mass is 9.89. The molecule has 0 spiro atoms. The van der Waals surface area contributed by atoms with Crippen molar-refractivity contribution >= 4 is 6.09 Å². The summed E-state index contributed by atoms with van der Waals surface area (Å²) in [4.78, 5) is 18.0. The molecule has 6 nitrogen and oxygen atoms in total. The summed E-state index contributed by atoms with van der Waals surface area (Å²) in [5.41, 5.74) is 1.78. The predicted octanol–water partition coefficient (Wildman–Crippen LogP) is 4.29. The van der Waals surface area contributed by atoms with Gasteiger partial charge in [0.05, 0.1) is 6.20 Å². The van der Waals surface area contributed by atoms with Gasteiger partial charge in [-0.05, 0) is 63.3 Å². The normalized spacial score (nSPS) is 20.3. The van der Waals surface area contributed by atoms with E-state index in [2.05, 4.69) is 11.1 Å². The van der Waals surface area contributed by atoms with Crippen molar-refractivity contribution in [2.45, 2.75) is 51.7 Å². The number of ether oxygens (including phenoxy) is 2. The summed E-state index contributed by atoms with van der Waals surface area (Å²) in [5.74, 6) is 2.18. The van der Waals surface area contributed by atoms with Gasteiger partial charge in [0.1, 0.15) is 17.5 Å². The minimum atomic E-state index is -0.453. The van der Waals surface area contributed by atoms with Crippen molar-refractivity contribution in [2.24, 2.45) is 5.92 Å². The molecule has 0 bridgehead atoms. The molecule has 1 amide bonds. The van der Waals surface area contributed by atoms with Crippen LogP contribution in [-0.4, -0.2) is 40.8 Å². The molecule has 1 fully saturated rings. The molecule has 4 rings (SSSR count). The number of carbonyl (C=O) groups is 1. The number of hydrogen-bond acceptors (Lipinski definition) is 5. The van der Waals surface area contributed by atoms with E-state index in [9.17, 15) is 4.79 Å². The fourth-order valence-corrected chi connectivity index (χ4v) is 3.83. The van der Waals surface area contributed by atoms with E-state index in [1.165, 1.54) is 12.0 Å². The number of rotatable bonds is 2. The Morgan fingerprint density at radius 3 is 2.70 bits per heavy atom. The number of nitrogens with zero attached hydrogens (tertiary/aromatic N) is 2. The summed E-state index contributed by atoms with van der Waals surface area (Å²) in [5, 5.41) is 0. The first-order chi connectivity index (χ1) is 12.9. The van der Waals surface area contributed by atoms with Gasteiger partial charge in [0, 0.05) is 25.1 Å². The van der Waals surface area contributed by atoms with Gasteiger partial charge in [-0.1, -0.05) is 0 Å². The zero-order valence-electron chi connectivity index (χ0n) is 16.1. The lowest BCUT2D eigenvalue weighted by molar-refractivity contribution is 0.0123. The van der Waals surface area contributed by atoms with Gasteiger partial charge in [0.25, 0.3) is 0 Å². The van der Waals surface area contributed by atoms with E-state index in [0.717, 1.165) is 49.4 Å². The van der Waals surface area contributed by atoms with Gasteiger partial charge in [-0.15, -0.1) is 0 Å². The molecule has 2 aliphatic rings. The summed E-state index contributed by atoms with van der Waals surface area (Å²) >= 11 is 0. The standard InChI is InChI=1S/C21H26N2O4/c1-21(2,3)27-20(24)23-8-6-14(7-9-23)18-11-16-10-15(4-5-17(16)26-18)19-12-22-13-25-19/h4-5,10,12-14,18H,6-9,11H2,1-3H3. The van der Waals surface area contributed by atoms with Gasteiger partial charge in [0.15, 0.2) is 12.2 Å². The molecule has 27 heavy (non-hydrogen) atoms. The molecule has 1 unspecified atom stereocenters. The van der Waals surface area contributed by atoms with Crippen molar-refractivity contribution in [1.29, 1.82) is 0 Å². The van der Waals surface area contributed by atoms with Crippen molar-refractivity contribution in [2.75, 3.05) is 13.1 Å². The molecule has 1 saturated heterocycles. The average Bonchev–Trinajstić information content (AvgIpc) is 3.29. The number of piperidine rings is 1. The summed E-state index contributed by atoms with van der Waals surface area (Å²) in [7, 11) is 0. The van der Waals surface area contributed by atoms with E-state index in [1.54, 1.807) is 6.20 Å². The van der Waals surface area contributed by atoms with E-state index in [4.69, 9.17) is 13.9 Å². The minimum absolute atomic E-state index is 0.172. The van der Waals surface area contributed by atoms with Crippen molar-refractivity contribution in [1.82, 2.24) is 9.88 Å². The Balaban J connectivity index is 1.35. The van der Waals surface area contributed by atoms with Gasteiger partial charge in [-0.25, -0.2) is 9.78 Å². The number of carbonyl (C=O) groups excluding carboxylic acids is 1. The highest BCUT2D eigenvalue weighted by molar-refractivity contribution is 5.68. The topological polar surface area (TPSA) is 64.8 Å². The summed E-state index contributed by atoms with van der Waals surface area (Å²) in [6, 6.07) is 6.15. The zero-order valence-corrected chi connectivity index (χ0v) is 16.1. The Labute approximate surface area is 159 Å². The Morgan fingerprint density at radius 1 is 1.26 bits per heavy atom. The van der Waals surface area contributed by atoms with Crippen LogP contribution in [0.4, 0.5) is 4.79 Å². The van der Waals surface area contributed by atoms with Crippen molar-refractivity contribution < 1.29 is 18.7 Å². The molecule has 0 aliphatic carbocycles. The van der Waals surface area contributed by atoms with Gasteiger partial charge < -0.3 is 18.8 Å². The molecular formula is C21H26N2O4. The molecule has 1 aromatic carbocycles. The highest BCUT2D eigenvalue weighted by atomic mass is 16.6. The number of amides is 1. The van der Waals surface area contributed by atoms with Crippen LogP contribution >= 0.6 is 0 Å². The van der Waals surface area contributed by atoms with Crippen LogP contribution < -0.4 is 4.74 Å². The Kier molecular flexibility index (Phi) is 4.58. The Hall–Kier alpha value is -2.50. The van der Waals surface area contributed by atoms with E-state index >= 15 is 0 Å². The third-order valence-electron chi connectivity index (χ3n) is 5.19. The zero-order chi connectivity index (χ0) is 19.0. The van der Waals surface area contributed by atoms with Crippen LogP contribution in [0.25, 0.3) is 11.3 Å². The SMILES string of the molecule is CC(C)(C)OC(=O)N1CCC(C2Cc3cc(-c4cnco4)ccc3O2)CC1. The summed E-state index contributed by atoms with van der Waals surface area (Å²) in [6.45, 7) is 7.13. The lowest BCUT2D eigenvalue weighted by Crippen LogP contribution is -2.44. The molecule has 0 N–H and O–H groups in total. The number of aromatic nitrogens is 1. The molecule has 1 aromatic heterocycles. The predicted molar refractivity (Wildman–Crippen MR) is 101 cm³/mol. The number of fused-ring (bicyclic) bond motifs is 1. The largest absolute Gasteiger partial charge is 0.490 e. The monoisotopic (exact) mass is 370 g/mol. The van der Waals surface area contributed by atoms with Gasteiger partial charge in [0.2, 0.25) is 0 Å². The number of likely N-dealkylation sites (tertiary alicyclic amines) is 1. The second-order valence-corrected chi connectivity index (χ2v) is 8.35. The van der Waals surface area contributed by atoms with Crippen molar-refractivity contribution in [3.05, 3.63) is 36.4 Å².